The third-order valence-corrected chi connectivity index (χ3v) is 5.22. The van der Waals surface area contributed by atoms with E-state index in [1.54, 1.807) is 0 Å². The van der Waals surface area contributed by atoms with Gasteiger partial charge in [-0.3, -0.25) is 4.79 Å². The van der Waals surface area contributed by atoms with Crippen molar-refractivity contribution in [1.82, 2.24) is 9.62 Å². The molecule has 0 aliphatic carbocycles. The molecule has 0 atom stereocenters. The van der Waals surface area contributed by atoms with Crippen LogP contribution in [0, 0.1) is 0 Å². The Morgan fingerprint density at radius 2 is 2.05 bits per heavy atom. The van der Waals surface area contributed by atoms with Gasteiger partial charge in [0, 0.05) is 31.7 Å². The highest BCUT2D eigenvalue weighted by Crippen LogP contribution is 2.27. The van der Waals surface area contributed by atoms with Crippen LogP contribution in [0.3, 0.4) is 0 Å². The predicted molar refractivity (Wildman–Crippen MR) is 72.2 cm³/mol. The van der Waals surface area contributed by atoms with Gasteiger partial charge in [-0.2, -0.15) is 4.31 Å². The number of rotatable bonds is 2. The van der Waals surface area contributed by atoms with Crippen molar-refractivity contribution in [1.29, 1.82) is 0 Å². The van der Waals surface area contributed by atoms with Crippen LogP contribution < -0.4 is 11.1 Å². The van der Waals surface area contributed by atoms with Gasteiger partial charge < -0.3 is 11.1 Å². The van der Waals surface area contributed by atoms with Crippen LogP contribution in [-0.2, 0) is 14.8 Å². The van der Waals surface area contributed by atoms with E-state index in [1.807, 2.05) is 0 Å². The van der Waals surface area contributed by atoms with Gasteiger partial charge in [-0.25, -0.2) is 8.42 Å². The summed E-state index contributed by atoms with van der Waals surface area (Å²) in [7, 11) is -3.73. The summed E-state index contributed by atoms with van der Waals surface area (Å²) in [5, 5.41) is 2.74. The first kappa shape index (κ1) is 14.1. The molecule has 0 unspecified atom stereocenters. The summed E-state index contributed by atoms with van der Waals surface area (Å²) in [4.78, 5) is 11.2. The Kier molecular flexibility index (Phi) is 3.98. The molecule has 1 aromatic carbocycles. The van der Waals surface area contributed by atoms with E-state index in [0.29, 0.717) is 5.69 Å². The molecule has 0 saturated carbocycles. The van der Waals surface area contributed by atoms with Gasteiger partial charge in [0.05, 0.1) is 5.02 Å². The maximum absolute atomic E-state index is 12.5. The minimum Gasteiger partial charge on any atom is -0.399 e. The maximum Gasteiger partial charge on any atom is 0.244 e. The number of nitrogens with one attached hydrogen (secondary N) is 1. The number of amides is 1. The van der Waals surface area contributed by atoms with Crippen LogP contribution in [0.5, 0.6) is 0 Å². The Balaban J connectivity index is 2.36. The highest BCUT2D eigenvalue weighted by atomic mass is 35.5. The minimum atomic E-state index is -3.73. The van der Waals surface area contributed by atoms with Gasteiger partial charge in [-0.1, -0.05) is 11.6 Å². The lowest BCUT2D eigenvalue weighted by Crippen LogP contribution is -2.34. The van der Waals surface area contributed by atoms with Gasteiger partial charge in [-0.15, -0.1) is 0 Å². The van der Waals surface area contributed by atoms with Crippen LogP contribution in [-0.4, -0.2) is 38.3 Å². The molecule has 0 aromatic heterocycles. The van der Waals surface area contributed by atoms with Gasteiger partial charge in [0.2, 0.25) is 15.9 Å². The fraction of sp³-hybridized carbons (Fsp3) is 0.364. The molecular formula is C11H14ClN3O3S. The third-order valence-electron chi connectivity index (χ3n) is 2.84. The summed E-state index contributed by atoms with van der Waals surface area (Å²) in [5.74, 6) is -0.156. The summed E-state index contributed by atoms with van der Waals surface area (Å²) in [6.45, 7) is 0.649. The van der Waals surface area contributed by atoms with Crippen molar-refractivity contribution < 1.29 is 13.2 Å². The van der Waals surface area contributed by atoms with Crippen molar-refractivity contribution in [2.75, 3.05) is 25.4 Å². The molecule has 8 heteroatoms. The summed E-state index contributed by atoms with van der Waals surface area (Å²) in [6.07, 6.45) is 0.138. The molecule has 104 valence electrons. The standard InChI is InChI=1S/C11H14ClN3O3S/c12-9-2-1-8(13)7-10(9)19(17,18)15-5-3-11(16)14-4-6-15/h1-2,7H,3-6,13H2,(H,14,16). The zero-order valence-electron chi connectivity index (χ0n) is 10.1. The number of sulfonamides is 1. The fourth-order valence-electron chi connectivity index (χ4n) is 1.84. The monoisotopic (exact) mass is 303 g/mol. The van der Waals surface area contributed by atoms with E-state index in [-0.39, 0.29) is 41.9 Å². The van der Waals surface area contributed by atoms with E-state index in [4.69, 9.17) is 17.3 Å². The molecule has 6 nitrogen and oxygen atoms in total. The molecule has 1 aliphatic heterocycles. The predicted octanol–water partition coefficient (Wildman–Crippen LogP) is 0.433. The normalized spacial score (nSPS) is 17.8. The second kappa shape index (κ2) is 5.36. The van der Waals surface area contributed by atoms with Crippen LogP contribution in [0.1, 0.15) is 6.42 Å². The molecule has 1 aliphatic rings. The molecular weight excluding hydrogens is 290 g/mol. The van der Waals surface area contributed by atoms with E-state index in [9.17, 15) is 13.2 Å². The van der Waals surface area contributed by atoms with Gasteiger partial charge in [-0.05, 0) is 18.2 Å². The molecule has 0 bridgehead atoms. The van der Waals surface area contributed by atoms with Crippen molar-refractivity contribution >= 4 is 33.2 Å². The Hall–Kier alpha value is -1.31. The number of hydrogen-bond donors (Lipinski definition) is 2. The molecule has 19 heavy (non-hydrogen) atoms. The molecule has 1 aromatic rings. The molecule has 0 radical (unpaired) electrons. The zero-order valence-corrected chi connectivity index (χ0v) is 11.7. The first-order valence-electron chi connectivity index (χ1n) is 5.73. The summed E-state index contributed by atoms with van der Waals surface area (Å²) in [6, 6.07) is 4.32. The summed E-state index contributed by atoms with van der Waals surface area (Å²) in [5.41, 5.74) is 5.92. The Morgan fingerprint density at radius 3 is 2.79 bits per heavy atom. The van der Waals surface area contributed by atoms with E-state index in [2.05, 4.69) is 5.32 Å². The van der Waals surface area contributed by atoms with Crippen molar-refractivity contribution in [3.63, 3.8) is 0 Å². The van der Waals surface area contributed by atoms with Crippen LogP contribution in [0.15, 0.2) is 23.1 Å². The number of hydrogen-bond acceptors (Lipinski definition) is 4. The smallest absolute Gasteiger partial charge is 0.244 e. The highest BCUT2D eigenvalue weighted by molar-refractivity contribution is 7.89. The molecule has 1 amide bonds. The van der Waals surface area contributed by atoms with E-state index in [1.165, 1.54) is 22.5 Å². The second-order valence-corrected chi connectivity index (χ2v) is 6.51. The average molecular weight is 304 g/mol. The summed E-state index contributed by atoms with van der Waals surface area (Å²) >= 11 is 5.93. The lowest BCUT2D eigenvalue weighted by atomic mass is 10.3. The Labute approximate surface area is 116 Å². The third kappa shape index (κ3) is 2.99. The highest BCUT2D eigenvalue weighted by Gasteiger charge is 2.28. The largest absolute Gasteiger partial charge is 0.399 e. The van der Waals surface area contributed by atoms with Crippen molar-refractivity contribution in [3.8, 4) is 0 Å². The number of nitrogen functional groups attached to an aromatic ring is 1. The average Bonchev–Trinajstić information content (AvgIpc) is 2.57. The summed E-state index contributed by atoms with van der Waals surface area (Å²) < 4.78 is 26.2. The van der Waals surface area contributed by atoms with Gasteiger partial charge in [0.15, 0.2) is 0 Å². The number of halogens is 1. The van der Waals surface area contributed by atoms with Crippen molar-refractivity contribution in [2.24, 2.45) is 0 Å². The molecule has 0 spiro atoms. The van der Waals surface area contributed by atoms with Crippen LogP contribution in [0.25, 0.3) is 0 Å². The Morgan fingerprint density at radius 1 is 1.32 bits per heavy atom. The topological polar surface area (TPSA) is 92.5 Å². The molecule has 1 heterocycles. The van der Waals surface area contributed by atoms with Crippen LogP contribution in [0.4, 0.5) is 5.69 Å². The van der Waals surface area contributed by atoms with Gasteiger partial charge >= 0.3 is 0 Å². The SMILES string of the molecule is Nc1ccc(Cl)c(S(=O)(=O)N2CCNC(=O)CC2)c1. The zero-order chi connectivity index (χ0) is 14.0. The molecule has 2 rings (SSSR count). The van der Waals surface area contributed by atoms with Crippen molar-refractivity contribution in [3.05, 3.63) is 23.2 Å². The Bertz CT molecular complexity index is 603. The molecule has 1 fully saturated rings. The van der Waals surface area contributed by atoms with Gasteiger partial charge in [0.25, 0.3) is 0 Å². The minimum absolute atomic E-state index is 0.0245. The first-order chi connectivity index (χ1) is 8.91. The quantitative estimate of drug-likeness (QED) is 0.775. The molecule has 3 N–H and O–H groups in total. The number of nitrogens with zero attached hydrogens (tertiary/aromatic N) is 1. The van der Waals surface area contributed by atoms with E-state index in [0.717, 1.165) is 0 Å². The number of benzene rings is 1. The lowest BCUT2D eigenvalue weighted by molar-refractivity contribution is -0.120. The van der Waals surface area contributed by atoms with Crippen LogP contribution >= 0.6 is 11.6 Å². The van der Waals surface area contributed by atoms with Crippen molar-refractivity contribution in [2.45, 2.75) is 11.3 Å². The lowest BCUT2D eigenvalue weighted by Gasteiger charge is -2.20. The number of carbonyl (C=O) groups is 1. The first-order valence-corrected chi connectivity index (χ1v) is 7.55. The van der Waals surface area contributed by atoms with E-state index >= 15 is 0 Å². The van der Waals surface area contributed by atoms with Gasteiger partial charge in [0.1, 0.15) is 4.90 Å². The number of carbonyl (C=O) groups excluding carboxylic acids is 1. The number of nitrogens with two attached hydrogens (primary N) is 1. The number of anilines is 1. The maximum atomic E-state index is 12.5. The second-order valence-electron chi connectivity index (χ2n) is 4.19. The molecule has 1 saturated heterocycles. The van der Waals surface area contributed by atoms with E-state index < -0.39 is 10.0 Å². The van der Waals surface area contributed by atoms with Crippen LogP contribution in [0.2, 0.25) is 5.02 Å². The fourth-order valence-corrected chi connectivity index (χ4v) is 3.79.